The third-order valence-corrected chi connectivity index (χ3v) is 5.28. The van der Waals surface area contributed by atoms with Crippen LogP contribution in [0.3, 0.4) is 0 Å². The molecule has 4 rings (SSSR count). The van der Waals surface area contributed by atoms with E-state index in [2.05, 4.69) is 5.32 Å². The first-order valence-electron chi connectivity index (χ1n) is 9.66. The lowest BCUT2D eigenvalue weighted by Crippen LogP contribution is -2.50. The Labute approximate surface area is 178 Å². The molecule has 0 aliphatic carbocycles. The standard InChI is InChI=1S/C21H21ClFN3O4/c22-17-11-14(12-18-20(17)30-10-9-29-18)21(28)26-7-5-25(6-8-26)13-19(27)24-16-3-1-15(23)2-4-16/h1-4,11-12H,5-10,13H2,(H,24,27). The van der Waals surface area contributed by atoms with Gasteiger partial charge in [-0.25, -0.2) is 4.39 Å². The largest absolute Gasteiger partial charge is 0.486 e. The minimum Gasteiger partial charge on any atom is -0.486 e. The van der Waals surface area contributed by atoms with Gasteiger partial charge in [0, 0.05) is 37.4 Å². The Morgan fingerprint density at radius 1 is 1.03 bits per heavy atom. The molecule has 2 aliphatic heterocycles. The van der Waals surface area contributed by atoms with Crippen LogP contribution in [0.25, 0.3) is 0 Å². The molecule has 0 atom stereocenters. The van der Waals surface area contributed by atoms with Crippen LogP contribution in [0.5, 0.6) is 11.5 Å². The zero-order chi connectivity index (χ0) is 21.1. The molecule has 0 unspecified atom stereocenters. The third kappa shape index (κ3) is 4.66. The molecule has 2 aromatic rings. The molecule has 1 saturated heterocycles. The van der Waals surface area contributed by atoms with Crippen LogP contribution < -0.4 is 14.8 Å². The van der Waals surface area contributed by atoms with Gasteiger partial charge in [-0.1, -0.05) is 11.6 Å². The van der Waals surface area contributed by atoms with E-state index in [-0.39, 0.29) is 24.2 Å². The van der Waals surface area contributed by atoms with Gasteiger partial charge in [0.2, 0.25) is 5.91 Å². The molecule has 1 N–H and O–H groups in total. The number of hydrogen-bond acceptors (Lipinski definition) is 5. The van der Waals surface area contributed by atoms with E-state index < -0.39 is 0 Å². The fourth-order valence-corrected chi connectivity index (χ4v) is 3.73. The fraction of sp³-hybridized carbons (Fsp3) is 0.333. The Balaban J connectivity index is 1.31. The first-order chi connectivity index (χ1) is 14.5. The van der Waals surface area contributed by atoms with E-state index >= 15 is 0 Å². The van der Waals surface area contributed by atoms with Crippen molar-refractivity contribution >= 4 is 29.1 Å². The van der Waals surface area contributed by atoms with Crippen molar-refractivity contribution in [1.82, 2.24) is 9.80 Å². The van der Waals surface area contributed by atoms with E-state index in [1.807, 2.05) is 4.90 Å². The van der Waals surface area contributed by atoms with Gasteiger partial charge in [-0.05, 0) is 36.4 Å². The second-order valence-corrected chi connectivity index (χ2v) is 7.51. The number of carbonyl (C=O) groups excluding carboxylic acids is 2. The molecule has 2 aromatic carbocycles. The lowest BCUT2D eigenvalue weighted by atomic mass is 10.1. The second-order valence-electron chi connectivity index (χ2n) is 7.11. The quantitative estimate of drug-likeness (QED) is 0.802. The molecule has 0 spiro atoms. The number of amides is 2. The van der Waals surface area contributed by atoms with Gasteiger partial charge in [0.25, 0.3) is 5.91 Å². The molecule has 30 heavy (non-hydrogen) atoms. The molecule has 2 amide bonds. The van der Waals surface area contributed by atoms with Gasteiger partial charge >= 0.3 is 0 Å². The summed E-state index contributed by atoms with van der Waals surface area (Å²) in [7, 11) is 0. The van der Waals surface area contributed by atoms with Crippen molar-refractivity contribution in [3.63, 3.8) is 0 Å². The number of benzene rings is 2. The van der Waals surface area contributed by atoms with E-state index in [4.69, 9.17) is 21.1 Å². The number of nitrogens with zero attached hydrogens (tertiary/aromatic N) is 2. The Hall–Kier alpha value is -2.84. The lowest BCUT2D eigenvalue weighted by Gasteiger charge is -2.34. The van der Waals surface area contributed by atoms with Gasteiger partial charge < -0.3 is 19.7 Å². The van der Waals surface area contributed by atoms with Crippen molar-refractivity contribution < 1.29 is 23.5 Å². The molecule has 2 heterocycles. The monoisotopic (exact) mass is 433 g/mol. The van der Waals surface area contributed by atoms with Crippen LogP contribution >= 0.6 is 11.6 Å². The summed E-state index contributed by atoms with van der Waals surface area (Å²) < 4.78 is 24.0. The number of halogens is 2. The number of piperazine rings is 1. The van der Waals surface area contributed by atoms with Gasteiger partial charge in [0.1, 0.15) is 19.0 Å². The zero-order valence-electron chi connectivity index (χ0n) is 16.2. The Bertz CT molecular complexity index is 946. The average Bonchev–Trinajstić information content (AvgIpc) is 2.75. The summed E-state index contributed by atoms with van der Waals surface area (Å²) in [5.41, 5.74) is 0.998. The van der Waals surface area contributed by atoms with Crippen LogP contribution in [0.4, 0.5) is 10.1 Å². The molecule has 0 saturated carbocycles. The third-order valence-electron chi connectivity index (χ3n) is 5.00. The predicted octanol–water partition coefficient (Wildman–Crippen LogP) is 2.65. The molecular weight excluding hydrogens is 413 g/mol. The second kappa shape index (κ2) is 8.89. The molecule has 7 nitrogen and oxygen atoms in total. The molecule has 158 valence electrons. The topological polar surface area (TPSA) is 71.1 Å². The van der Waals surface area contributed by atoms with Crippen molar-refractivity contribution in [2.45, 2.75) is 0 Å². The van der Waals surface area contributed by atoms with E-state index in [0.29, 0.717) is 67.2 Å². The maximum atomic E-state index is 13.0. The average molecular weight is 434 g/mol. The molecule has 2 aliphatic rings. The van der Waals surface area contributed by atoms with Crippen LogP contribution in [0, 0.1) is 5.82 Å². The maximum Gasteiger partial charge on any atom is 0.254 e. The van der Waals surface area contributed by atoms with Gasteiger partial charge in [0.05, 0.1) is 11.6 Å². The highest BCUT2D eigenvalue weighted by atomic mass is 35.5. The number of fused-ring (bicyclic) bond motifs is 1. The smallest absolute Gasteiger partial charge is 0.254 e. The van der Waals surface area contributed by atoms with Crippen molar-refractivity contribution in [3.8, 4) is 11.5 Å². The molecule has 1 fully saturated rings. The number of rotatable bonds is 4. The van der Waals surface area contributed by atoms with E-state index in [0.717, 1.165) is 0 Å². The number of anilines is 1. The van der Waals surface area contributed by atoms with Gasteiger partial charge in [-0.15, -0.1) is 0 Å². The molecule has 9 heteroatoms. The first kappa shape index (κ1) is 20.4. The molecule has 0 aromatic heterocycles. The SMILES string of the molecule is O=C(CN1CCN(C(=O)c2cc(Cl)c3c(c2)OCCO3)CC1)Nc1ccc(F)cc1. The Kier molecular flexibility index (Phi) is 6.06. The summed E-state index contributed by atoms with van der Waals surface area (Å²) in [5, 5.41) is 3.10. The summed E-state index contributed by atoms with van der Waals surface area (Å²) in [4.78, 5) is 28.8. The number of nitrogens with one attached hydrogen (secondary N) is 1. The highest BCUT2D eigenvalue weighted by molar-refractivity contribution is 6.32. The highest BCUT2D eigenvalue weighted by Gasteiger charge is 2.26. The van der Waals surface area contributed by atoms with Gasteiger partial charge in [-0.3, -0.25) is 14.5 Å². The van der Waals surface area contributed by atoms with Gasteiger partial charge in [0.15, 0.2) is 11.5 Å². The maximum absolute atomic E-state index is 13.0. The predicted molar refractivity (Wildman–Crippen MR) is 110 cm³/mol. The van der Waals surface area contributed by atoms with Crippen molar-refractivity contribution in [2.24, 2.45) is 0 Å². The zero-order valence-corrected chi connectivity index (χ0v) is 17.0. The van der Waals surface area contributed by atoms with Crippen LogP contribution in [0.15, 0.2) is 36.4 Å². The highest BCUT2D eigenvalue weighted by Crippen LogP contribution is 2.38. The summed E-state index contributed by atoms with van der Waals surface area (Å²) in [6.45, 7) is 3.18. The minimum absolute atomic E-state index is 0.135. The Morgan fingerprint density at radius 2 is 1.73 bits per heavy atom. The minimum atomic E-state index is -0.354. The van der Waals surface area contributed by atoms with Crippen LogP contribution in [0.1, 0.15) is 10.4 Å². The molecular formula is C21H21ClFN3O4. The van der Waals surface area contributed by atoms with Crippen LogP contribution in [0.2, 0.25) is 5.02 Å². The summed E-state index contributed by atoms with van der Waals surface area (Å²) in [6.07, 6.45) is 0. The normalized spacial score (nSPS) is 16.3. The number of hydrogen-bond donors (Lipinski definition) is 1. The Morgan fingerprint density at radius 3 is 2.47 bits per heavy atom. The first-order valence-corrected chi connectivity index (χ1v) is 10.0. The summed E-state index contributed by atoms with van der Waals surface area (Å²) >= 11 is 6.24. The lowest BCUT2D eigenvalue weighted by molar-refractivity contribution is -0.117. The summed E-state index contributed by atoms with van der Waals surface area (Å²) in [6, 6.07) is 8.88. The van der Waals surface area contributed by atoms with Gasteiger partial charge in [-0.2, -0.15) is 0 Å². The molecule has 0 bridgehead atoms. The van der Waals surface area contributed by atoms with Crippen molar-refractivity contribution in [2.75, 3.05) is 51.3 Å². The van der Waals surface area contributed by atoms with E-state index in [1.165, 1.54) is 24.3 Å². The fourth-order valence-electron chi connectivity index (χ4n) is 3.46. The van der Waals surface area contributed by atoms with Crippen LogP contribution in [-0.2, 0) is 4.79 Å². The van der Waals surface area contributed by atoms with E-state index in [1.54, 1.807) is 17.0 Å². The van der Waals surface area contributed by atoms with Crippen molar-refractivity contribution in [3.05, 3.63) is 52.8 Å². The van der Waals surface area contributed by atoms with Crippen molar-refractivity contribution in [1.29, 1.82) is 0 Å². The molecule has 0 radical (unpaired) electrons. The summed E-state index contributed by atoms with van der Waals surface area (Å²) in [5.74, 6) is 0.280. The number of ether oxygens (including phenoxy) is 2. The number of carbonyl (C=O) groups is 2. The van der Waals surface area contributed by atoms with Crippen LogP contribution in [-0.4, -0.2) is 67.6 Å². The van der Waals surface area contributed by atoms with E-state index in [9.17, 15) is 14.0 Å².